The van der Waals surface area contributed by atoms with Gasteiger partial charge in [0.15, 0.2) is 11.6 Å². The molecule has 0 aromatic heterocycles. The third kappa shape index (κ3) is 2.92. The molecule has 2 heterocycles. The minimum absolute atomic E-state index is 0.298. The summed E-state index contributed by atoms with van der Waals surface area (Å²) < 4.78 is 29.8. The minimum Gasteiger partial charge on any atom is -0.387 e. The molecule has 0 radical (unpaired) electrons. The lowest BCUT2D eigenvalue weighted by Crippen LogP contribution is -2.62. The quantitative estimate of drug-likeness (QED) is 0.795. The number of ether oxygens (including phenoxy) is 5. The summed E-state index contributed by atoms with van der Waals surface area (Å²) in [6.45, 7) is 10.2. The summed E-state index contributed by atoms with van der Waals surface area (Å²) in [6.07, 6.45) is -0.661. The van der Waals surface area contributed by atoms with E-state index in [0.717, 1.165) is 12.8 Å². The van der Waals surface area contributed by atoms with Gasteiger partial charge in [0.1, 0.15) is 36.6 Å². The van der Waals surface area contributed by atoms with Gasteiger partial charge in [0.2, 0.25) is 0 Å². The van der Waals surface area contributed by atoms with Gasteiger partial charge in [0.25, 0.3) is 0 Å². The molecular weight excluding hydrogens is 288 g/mol. The van der Waals surface area contributed by atoms with Crippen molar-refractivity contribution in [2.45, 2.75) is 95.7 Å². The van der Waals surface area contributed by atoms with E-state index < -0.39 is 29.9 Å². The Hall–Kier alpha value is -0.240. The average molecular weight is 316 g/mol. The van der Waals surface area contributed by atoms with Crippen molar-refractivity contribution in [2.24, 2.45) is 0 Å². The lowest BCUT2D eigenvalue weighted by molar-refractivity contribution is -0.188. The van der Waals surface area contributed by atoms with E-state index in [1.165, 1.54) is 0 Å². The first-order valence-electron chi connectivity index (χ1n) is 8.25. The van der Waals surface area contributed by atoms with E-state index in [1.807, 2.05) is 27.7 Å². The molecule has 2 aliphatic heterocycles. The maximum atomic E-state index is 10.6. The van der Waals surface area contributed by atoms with Gasteiger partial charge < -0.3 is 28.8 Å². The summed E-state index contributed by atoms with van der Waals surface area (Å²) in [5.41, 5.74) is 0. The van der Waals surface area contributed by atoms with E-state index in [9.17, 15) is 5.11 Å². The fourth-order valence-electron chi connectivity index (χ4n) is 3.60. The van der Waals surface area contributed by atoms with Crippen LogP contribution in [0, 0.1) is 0 Å². The van der Waals surface area contributed by atoms with E-state index in [0.29, 0.717) is 6.61 Å². The van der Waals surface area contributed by atoms with Crippen LogP contribution in [0.15, 0.2) is 0 Å². The summed E-state index contributed by atoms with van der Waals surface area (Å²) in [5.74, 6) is -1.48. The second-order valence-corrected chi connectivity index (χ2v) is 7.31. The predicted octanol–water partition coefficient (Wildman–Crippen LogP) is 1.59. The lowest BCUT2D eigenvalue weighted by Gasteiger charge is -2.40. The molecule has 3 aliphatic rings. The van der Waals surface area contributed by atoms with Crippen molar-refractivity contribution in [1.82, 2.24) is 0 Å². The van der Waals surface area contributed by atoms with Crippen LogP contribution in [-0.4, -0.2) is 59.9 Å². The highest BCUT2D eigenvalue weighted by atomic mass is 16.8. The highest BCUT2D eigenvalue weighted by molar-refractivity contribution is 5.08. The van der Waals surface area contributed by atoms with Gasteiger partial charge in [-0.25, -0.2) is 0 Å². The van der Waals surface area contributed by atoms with E-state index in [1.54, 1.807) is 0 Å². The smallest absolute Gasteiger partial charge is 0.164 e. The molecular formula is C16H28O6. The van der Waals surface area contributed by atoms with Gasteiger partial charge in [-0.15, -0.1) is 0 Å². The largest absolute Gasteiger partial charge is 0.387 e. The molecule has 3 rings (SSSR count). The maximum absolute atomic E-state index is 10.6. The molecule has 4 atom stereocenters. The summed E-state index contributed by atoms with van der Waals surface area (Å²) in [6, 6.07) is 0. The molecule has 6 heteroatoms. The van der Waals surface area contributed by atoms with Gasteiger partial charge in [-0.05, 0) is 34.1 Å². The van der Waals surface area contributed by atoms with Crippen LogP contribution in [0.5, 0.6) is 0 Å². The van der Waals surface area contributed by atoms with E-state index in [4.69, 9.17) is 23.7 Å². The first-order valence-corrected chi connectivity index (χ1v) is 8.25. The van der Waals surface area contributed by atoms with Gasteiger partial charge in [-0.3, -0.25) is 0 Å². The first-order chi connectivity index (χ1) is 10.2. The number of aliphatic hydroxyl groups excluding tert-OH is 1. The molecule has 0 amide bonds. The van der Waals surface area contributed by atoms with Crippen LogP contribution < -0.4 is 0 Å². The predicted molar refractivity (Wildman–Crippen MR) is 78.3 cm³/mol. The molecule has 22 heavy (non-hydrogen) atoms. The van der Waals surface area contributed by atoms with E-state index in [-0.39, 0.29) is 18.3 Å². The van der Waals surface area contributed by atoms with Gasteiger partial charge >= 0.3 is 0 Å². The van der Waals surface area contributed by atoms with Crippen molar-refractivity contribution in [1.29, 1.82) is 0 Å². The van der Waals surface area contributed by atoms with Crippen LogP contribution in [0.3, 0.4) is 0 Å². The standard InChI is InChI=1S/C16H28O6/c1-6-7-8-18-12-13-10(19-15(2,3)21-13)9(17)11-14(12)22-16(4,5)20-11/h9-14,17H,6-8H2,1-5H3/t9?,10-,11-,12?,13?,14?/m1/s1. The van der Waals surface area contributed by atoms with Crippen LogP contribution >= 0.6 is 0 Å². The fourth-order valence-corrected chi connectivity index (χ4v) is 3.60. The molecule has 1 N–H and O–H groups in total. The summed E-state index contributed by atoms with van der Waals surface area (Å²) >= 11 is 0. The number of hydrogen-bond acceptors (Lipinski definition) is 6. The summed E-state index contributed by atoms with van der Waals surface area (Å²) in [7, 11) is 0. The normalized spacial score (nSPS) is 45.5. The van der Waals surface area contributed by atoms with Gasteiger partial charge in [-0.2, -0.15) is 0 Å². The first kappa shape index (κ1) is 16.6. The van der Waals surface area contributed by atoms with Gasteiger partial charge in [0, 0.05) is 6.61 Å². The van der Waals surface area contributed by atoms with Crippen LogP contribution in [0.4, 0.5) is 0 Å². The third-order valence-electron chi connectivity index (χ3n) is 4.46. The molecule has 0 spiro atoms. The Balaban J connectivity index is 1.83. The zero-order valence-corrected chi connectivity index (χ0v) is 14.1. The highest BCUT2D eigenvalue weighted by Crippen LogP contribution is 2.45. The summed E-state index contributed by atoms with van der Waals surface area (Å²) in [4.78, 5) is 0. The van der Waals surface area contributed by atoms with Crippen molar-refractivity contribution in [3.8, 4) is 0 Å². The number of rotatable bonds is 4. The van der Waals surface area contributed by atoms with Crippen molar-refractivity contribution < 1.29 is 28.8 Å². The fraction of sp³-hybridized carbons (Fsp3) is 1.00. The van der Waals surface area contributed by atoms with Gasteiger partial charge in [-0.1, -0.05) is 13.3 Å². The minimum atomic E-state index is -0.787. The Labute approximate surface area is 132 Å². The van der Waals surface area contributed by atoms with Crippen LogP contribution in [0.25, 0.3) is 0 Å². The Bertz CT molecular complexity index is 377. The number of aliphatic hydroxyl groups is 1. The Morgan fingerprint density at radius 3 is 1.77 bits per heavy atom. The maximum Gasteiger partial charge on any atom is 0.164 e. The van der Waals surface area contributed by atoms with Crippen LogP contribution in [-0.2, 0) is 23.7 Å². The van der Waals surface area contributed by atoms with Crippen molar-refractivity contribution in [2.75, 3.05) is 6.61 Å². The Kier molecular flexibility index (Phi) is 4.29. The molecule has 0 aromatic rings. The molecule has 1 aliphatic carbocycles. The number of unbranched alkanes of at least 4 members (excludes halogenated alkanes) is 1. The average Bonchev–Trinajstić information content (AvgIpc) is 2.90. The van der Waals surface area contributed by atoms with Crippen LogP contribution in [0.2, 0.25) is 0 Å². The van der Waals surface area contributed by atoms with Gasteiger partial charge in [0.05, 0.1) is 0 Å². The van der Waals surface area contributed by atoms with E-state index in [2.05, 4.69) is 6.92 Å². The second-order valence-electron chi connectivity index (χ2n) is 7.31. The van der Waals surface area contributed by atoms with E-state index >= 15 is 0 Å². The van der Waals surface area contributed by atoms with Crippen molar-refractivity contribution >= 4 is 0 Å². The zero-order chi connectivity index (χ0) is 16.1. The Morgan fingerprint density at radius 2 is 1.32 bits per heavy atom. The lowest BCUT2D eigenvalue weighted by atomic mass is 9.85. The van der Waals surface area contributed by atoms with Crippen molar-refractivity contribution in [3.63, 3.8) is 0 Å². The molecule has 2 unspecified atom stereocenters. The molecule has 3 fully saturated rings. The molecule has 128 valence electrons. The highest BCUT2D eigenvalue weighted by Gasteiger charge is 2.63. The van der Waals surface area contributed by atoms with Crippen LogP contribution in [0.1, 0.15) is 47.5 Å². The monoisotopic (exact) mass is 316 g/mol. The number of hydrogen-bond donors (Lipinski definition) is 1. The summed E-state index contributed by atoms with van der Waals surface area (Å²) in [5, 5.41) is 10.6. The van der Waals surface area contributed by atoms with Crippen molar-refractivity contribution in [3.05, 3.63) is 0 Å². The SMILES string of the molecule is CCCCOC1C2OC(C)(C)O[C@@H]2C(O)[C@H]2OC(C)(C)OC12. The molecule has 0 aromatic carbocycles. The third-order valence-corrected chi connectivity index (χ3v) is 4.46. The zero-order valence-electron chi connectivity index (χ0n) is 14.1. The molecule has 2 saturated heterocycles. The number of fused-ring (bicyclic) bond motifs is 2. The molecule has 0 bridgehead atoms. The topological polar surface area (TPSA) is 66.4 Å². The molecule has 1 saturated carbocycles. The second kappa shape index (κ2) is 5.69. The molecule has 6 nitrogen and oxygen atoms in total. The Morgan fingerprint density at radius 1 is 0.864 bits per heavy atom.